The third-order valence-electron chi connectivity index (χ3n) is 6.61. The van der Waals surface area contributed by atoms with Gasteiger partial charge in [0.15, 0.2) is 5.78 Å². The Labute approximate surface area is 176 Å². The van der Waals surface area contributed by atoms with Crippen LogP contribution in [-0.2, 0) is 15.8 Å². The summed E-state index contributed by atoms with van der Waals surface area (Å²) in [5, 5.41) is 0. The predicted octanol–water partition coefficient (Wildman–Crippen LogP) is 5.91. The minimum absolute atomic E-state index is 0.00222. The summed E-state index contributed by atoms with van der Waals surface area (Å²) >= 11 is 0. The zero-order valence-electron chi connectivity index (χ0n) is 17.1. The van der Waals surface area contributed by atoms with Crippen molar-refractivity contribution in [1.29, 1.82) is 0 Å². The number of Topliss-reactive ketones (excluding diaryl/α,β-unsaturated/α-hetero) is 1. The lowest BCUT2D eigenvalue weighted by molar-refractivity contribution is -0.137. The zero-order valence-corrected chi connectivity index (χ0v) is 17.1. The van der Waals surface area contributed by atoms with E-state index in [1.54, 1.807) is 0 Å². The number of terminal acetylenes is 1. The van der Waals surface area contributed by atoms with Gasteiger partial charge in [-0.3, -0.25) is 14.5 Å². The SMILES string of the molecule is C#CC(=O)N(c1ccc(C(F)(F)F)cc1)C1(C(=O)CC2CCCCC2)CCCCC1. The van der Waals surface area contributed by atoms with Crippen molar-refractivity contribution in [2.45, 2.75) is 82.3 Å². The van der Waals surface area contributed by atoms with Crippen molar-refractivity contribution in [2.24, 2.45) is 5.92 Å². The second-order valence-electron chi connectivity index (χ2n) is 8.55. The van der Waals surface area contributed by atoms with Gasteiger partial charge in [-0.1, -0.05) is 51.4 Å². The van der Waals surface area contributed by atoms with Crippen LogP contribution in [0.5, 0.6) is 0 Å². The average molecular weight is 419 g/mol. The van der Waals surface area contributed by atoms with E-state index in [0.717, 1.165) is 57.1 Å². The van der Waals surface area contributed by atoms with Crippen LogP contribution >= 0.6 is 0 Å². The van der Waals surface area contributed by atoms with Crippen molar-refractivity contribution in [1.82, 2.24) is 0 Å². The molecule has 0 unspecified atom stereocenters. The summed E-state index contributed by atoms with van der Waals surface area (Å²) in [7, 11) is 0. The Bertz CT molecular complexity index is 795. The van der Waals surface area contributed by atoms with Gasteiger partial charge in [-0.2, -0.15) is 13.2 Å². The summed E-state index contributed by atoms with van der Waals surface area (Å²) in [6, 6.07) is 4.38. The van der Waals surface area contributed by atoms with Gasteiger partial charge in [0, 0.05) is 12.1 Å². The van der Waals surface area contributed by atoms with E-state index in [9.17, 15) is 22.8 Å². The number of benzene rings is 1. The summed E-state index contributed by atoms with van der Waals surface area (Å²) < 4.78 is 39.0. The van der Waals surface area contributed by atoms with Crippen LogP contribution in [0.1, 0.15) is 76.2 Å². The third kappa shape index (κ3) is 4.71. The molecule has 0 aliphatic heterocycles. The maximum Gasteiger partial charge on any atom is 0.416 e. The lowest BCUT2D eigenvalue weighted by Crippen LogP contribution is -2.58. The van der Waals surface area contributed by atoms with Crippen molar-refractivity contribution in [2.75, 3.05) is 4.90 Å². The molecule has 0 radical (unpaired) electrons. The number of ketones is 1. The predicted molar refractivity (Wildman–Crippen MR) is 110 cm³/mol. The molecule has 3 rings (SSSR count). The summed E-state index contributed by atoms with van der Waals surface area (Å²) in [6.45, 7) is 0. The van der Waals surface area contributed by atoms with Gasteiger partial charge in [-0.15, -0.1) is 6.42 Å². The molecule has 162 valence electrons. The number of rotatable bonds is 5. The van der Waals surface area contributed by atoms with E-state index in [4.69, 9.17) is 6.42 Å². The smallest absolute Gasteiger partial charge is 0.297 e. The summed E-state index contributed by atoms with van der Waals surface area (Å²) in [4.78, 5) is 27.7. The van der Waals surface area contributed by atoms with E-state index < -0.39 is 23.2 Å². The highest BCUT2D eigenvalue weighted by Crippen LogP contribution is 2.41. The Hall–Kier alpha value is -2.29. The van der Waals surface area contributed by atoms with Crippen molar-refractivity contribution in [3.05, 3.63) is 29.8 Å². The molecule has 6 heteroatoms. The summed E-state index contributed by atoms with van der Waals surface area (Å²) in [5.74, 6) is 1.73. The quantitative estimate of drug-likeness (QED) is 0.556. The second-order valence-corrected chi connectivity index (χ2v) is 8.55. The first kappa shape index (κ1) is 22.4. The number of carbonyl (C=O) groups is 2. The standard InChI is InChI=1S/C24H28F3NO2/c1-2-22(30)28(20-13-11-19(12-14-20)24(25,26)27)23(15-7-4-8-16-23)21(29)17-18-9-5-3-6-10-18/h1,11-14,18H,3-10,15-17H2. The van der Waals surface area contributed by atoms with E-state index in [0.29, 0.717) is 25.2 Å². The second kappa shape index (κ2) is 9.24. The molecule has 0 bridgehead atoms. The minimum Gasteiger partial charge on any atom is -0.297 e. The monoisotopic (exact) mass is 419 g/mol. The molecule has 0 heterocycles. The van der Waals surface area contributed by atoms with Crippen molar-refractivity contribution in [3.8, 4) is 12.3 Å². The topological polar surface area (TPSA) is 37.4 Å². The molecule has 0 aromatic heterocycles. The van der Waals surface area contributed by atoms with Crippen molar-refractivity contribution >= 4 is 17.4 Å². The van der Waals surface area contributed by atoms with Crippen LogP contribution in [0.2, 0.25) is 0 Å². The van der Waals surface area contributed by atoms with E-state index >= 15 is 0 Å². The Balaban J connectivity index is 1.97. The number of hydrogen-bond acceptors (Lipinski definition) is 2. The van der Waals surface area contributed by atoms with Gasteiger partial charge in [-0.05, 0) is 48.9 Å². The average Bonchev–Trinajstić information content (AvgIpc) is 2.75. The van der Waals surface area contributed by atoms with Gasteiger partial charge in [-0.25, -0.2) is 0 Å². The summed E-state index contributed by atoms with van der Waals surface area (Å²) in [6.07, 6.45) is 10.3. The van der Waals surface area contributed by atoms with Crippen LogP contribution < -0.4 is 4.90 Å². The molecule has 1 amide bonds. The van der Waals surface area contributed by atoms with Crippen LogP contribution in [0.4, 0.5) is 18.9 Å². The molecule has 0 N–H and O–H groups in total. The van der Waals surface area contributed by atoms with Crippen molar-refractivity contribution in [3.63, 3.8) is 0 Å². The highest BCUT2D eigenvalue weighted by atomic mass is 19.4. The van der Waals surface area contributed by atoms with Gasteiger partial charge in [0.25, 0.3) is 0 Å². The van der Waals surface area contributed by atoms with Crippen molar-refractivity contribution < 1.29 is 22.8 Å². The number of nitrogens with zero attached hydrogens (tertiary/aromatic N) is 1. The highest BCUT2D eigenvalue weighted by Gasteiger charge is 2.47. The fraction of sp³-hybridized carbons (Fsp3) is 0.583. The minimum atomic E-state index is -4.47. The molecule has 3 nitrogen and oxygen atoms in total. The number of carbonyl (C=O) groups excluding carboxylic acids is 2. The maximum atomic E-state index is 13.6. The van der Waals surface area contributed by atoms with Gasteiger partial charge >= 0.3 is 12.1 Å². The normalized spacial score (nSPS) is 19.7. The van der Waals surface area contributed by atoms with E-state index in [1.807, 2.05) is 0 Å². The molecule has 0 spiro atoms. The number of halogens is 3. The number of alkyl halides is 3. The third-order valence-corrected chi connectivity index (χ3v) is 6.61. The number of amides is 1. The Morgan fingerprint density at radius 1 is 1.00 bits per heavy atom. The van der Waals surface area contributed by atoms with Crippen LogP contribution in [0.15, 0.2) is 24.3 Å². The Morgan fingerprint density at radius 2 is 1.57 bits per heavy atom. The van der Waals surface area contributed by atoms with Crippen LogP contribution in [0.3, 0.4) is 0 Å². The fourth-order valence-corrected chi connectivity index (χ4v) is 5.03. The molecular weight excluding hydrogens is 391 g/mol. The largest absolute Gasteiger partial charge is 0.416 e. The Morgan fingerprint density at radius 3 is 2.10 bits per heavy atom. The maximum absolute atomic E-state index is 13.6. The van der Waals surface area contributed by atoms with E-state index in [2.05, 4.69) is 5.92 Å². The van der Waals surface area contributed by atoms with Gasteiger partial charge < -0.3 is 0 Å². The molecule has 0 atom stereocenters. The van der Waals surface area contributed by atoms with Gasteiger partial charge in [0.2, 0.25) is 0 Å². The molecule has 0 saturated heterocycles. The zero-order chi connectivity index (χ0) is 21.8. The Kier molecular flexibility index (Phi) is 6.90. The molecule has 1 aromatic rings. The molecular formula is C24H28F3NO2. The molecule has 2 aliphatic carbocycles. The highest BCUT2D eigenvalue weighted by molar-refractivity contribution is 6.11. The van der Waals surface area contributed by atoms with Gasteiger partial charge in [0.1, 0.15) is 5.54 Å². The van der Waals surface area contributed by atoms with Crippen LogP contribution in [0, 0.1) is 18.3 Å². The summed E-state index contributed by atoms with van der Waals surface area (Å²) in [5.41, 5.74) is -1.62. The van der Waals surface area contributed by atoms with Crippen LogP contribution in [0.25, 0.3) is 0 Å². The fourth-order valence-electron chi connectivity index (χ4n) is 5.03. The molecule has 2 saturated carbocycles. The van der Waals surface area contributed by atoms with Gasteiger partial charge in [0.05, 0.1) is 5.56 Å². The molecule has 30 heavy (non-hydrogen) atoms. The van der Waals surface area contributed by atoms with E-state index in [1.165, 1.54) is 23.5 Å². The number of hydrogen-bond donors (Lipinski definition) is 0. The first-order valence-electron chi connectivity index (χ1n) is 10.8. The molecule has 2 aliphatic rings. The first-order valence-corrected chi connectivity index (χ1v) is 10.8. The van der Waals surface area contributed by atoms with Crippen LogP contribution in [-0.4, -0.2) is 17.2 Å². The number of anilines is 1. The lowest BCUT2D eigenvalue weighted by atomic mass is 9.73. The molecule has 1 aromatic carbocycles. The lowest BCUT2D eigenvalue weighted by Gasteiger charge is -2.45. The van der Waals surface area contributed by atoms with E-state index in [-0.39, 0.29) is 11.5 Å². The molecule has 2 fully saturated rings. The first-order chi connectivity index (χ1) is 14.3.